The lowest BCUT2D eigenvalue weighted by molar-refractivity contribution is -0.137. The Morgan fingerprint density at radius 1 is 1.55 bits per heavy atom. The Labute approximate surface area is 133 Å². The molecular weight excluding hydrogens is 309 g/mol. The molecule has 1 fully saturated rings. The molecule has 0 bridgehead atoms. The van der Waals surface area contributed by atoms with Crippen molar-refractivity contribution in [3.63, 3.8) is 0 Å². The monoisotopic (exact) mass is 325 g/mol. The largest absolute Gasteiger partial charge is 0.506 e. The summed E-state index contributed by atoms with van der Waals surface area (Å²) in [6.07, 6.45) is 3.23. The molecule has 1 aromatic rings. The zero-order valence-electron chi connectivity index (χ0n) is 12.4. The van der Waals surface area contributed by atoms with Crippen molar-refractivity contribution in [1.29, 1.82) is 0 Å². The Morgan fingerprint density at radius 2 is 2.23 bits per heavy atom. The van der Waals surface area contributed by atoms with Crippen molar-refractivity contribution in [1.82, 2.24) is 0 Å². The highest BCUT2D eigenvalue weighted by atomic mass is 35.5. The molecule has 0 atom stereocenters. The van der Waals surface area contributed by atoms with Crippen LogP contribution in [0.3, 0.4) is 0 Å². The number of benzene rings is 1. The van der Waals surface area contributed by atoms with Crippen LogP contribution in [0.5, 0.6) is 0 Å². The van der Waals surface area contributed by atoms with E-state index in [1.165, 1.54) is 25.3 Å². The first-order valence-electron chi connectivity index (χ1n) is 7.04. The van der Waals surface area contributed by atoms with Gasteiger partial charge in [-0.2, -0.15) is 0 Å². The van der Waals surface area contributed by atoms with Crippen molar-refractivity contribution in [3.05, 3.63) is 39.7 Å². The van der Waals surface area contributed by atoms with Crippen LogP contribution >= 0.6 is 11.6 Å². The smallest absolute Gasteiger partial charge is 0.343 e. The highest BCUT2D eigenvalue weighted by Crippen LogP contribution is 2.30. The standard InChI is InChI=1S/C16H17ClFNO3/c1-3-22-16(21)12(8-19-10-4-5-10)15(20)11-6-7-13(18)9(2)14(11)17/h6-8,10,20H,3-5H2,1-2H3/b15-12-,19-8?. The Kier molecular flexibility index (Phi) is 5.19. The molecule has 1 aliphatic carbocycles. The summed E-state index contributed by atoms with van der Waals surface area (Å²) >= 11 is 6.06. The van der Waals surface area contributed by atoms with Crippen LogP contribution in [0, 0.1) is 12.7 Å². The molecule has 1 aliphatic rings. The van der Waals surface area contributed by atoms with E-state index in [1.807, 2.05) is 0 Å². The molecule has 6 heteroatoms. The van der Waals surface area contributed by atoms with E-state index >= 15 is 0 Å². The van der Waals surface area contributed by atoms with E-state index in [4.69, 9.17) is 16.3 Å². The third kappa shape index (κ3) is 3.65. The van der Waals surface area contributed by atoms with E-state index in [9.17, 15) is 14.3 Å². The summed E-state index contributed by atoms with van der Waals surface area (Å²) in [6.45, 7) is 3.33. The van der Waals surface area contributed by atoms with Crippen molar-refractivity contribution in [2.75, 3.05) is 6.61 Å². The maximum atomic E-state index is 13.5. The van der Waals surface area contributed by atoms with Gasteiger partial charge in [-0.3, -0.25) is 4.99 Å². The first-order chi connectivity index (χ1) is 10.5. The van der Waals surface area contributed by atoms with E-state index in [0.717, 1.165) is 12.8 Å². The molecule has 0 spiro atoms. The summed E-state index contributed by atoms with van der Waals surface area (Å²) in [5, 5.41) is 10.4. The molecule has 0 unspecified atom stereocenters. The molecule has 0 aliphatic heterocycles. The van der Waals surface area contributed by atoms with Gasteiger partial charge < -0.3 is 9.84 Å². The molecule has 0 amide bonds. The number of aliphatic hydroxyl groups excluding tert-OH is 1. The zero-order chi connectivity index (χ0) is 16.3. The number of ether oxygens (including phenoxy) is 1. The molecular formula is C16H17ClFNO3. The molecule has 2 rings (SSSR count). The molecule has 22 heavy (non-hydrogen) atoms. The molecule has 1 aromatic carbocycles. The molecule has 1 N–H and O–H groups in total. The number of aliphatic hydroxyl groups is 1. The minimum absolute atomic E-state index is 0.0547. The summed E-state index contributed by atoms with van der Waals surface area (Å²) in [4.78, 5) is 16.2. The quantitative estimate of drug-likeness (QED) is 0.387. The Morgan fingerprint density at radius 3 is 2.82 bits per heavy atom. The topological polar surface area (TPSA) is 58.9 Å². The highest BCUT2D eigenvalue weighted by Gasteiger charge is 2.23. The van der Waals surface area contributed by atoms with Crippen LogP contribution in [0.4, 0.5) is 4.39 Å². The number of esters is 1. The van der Waals surface area contributed by atoms with Gasteiger partial charge in [0.1, 0.15) is 17.1 Å². The van der Waals surface area contributed by atoms with Crippen molar-refractivity contribution in [2.24, 2.45) is 4.99 Å². The Balaban J connectivity index is 2.47. The molecule has 118 valence electrons. The van der Waals surface area contributed by atoms with Gasteiger partial charge in [-0.1, -0.05) is 11.6 Å². The van der Waals surface area contributed by atoms with Gasteiger partial charge >= 0.3 is 5.97 Å². The van der Waals surface area contributed by atoms with Gasteiger partial charge in [0.05, 0.1) is 17.7 Å². The van der Waals surface area contributed by atoms with Gasteiger partial charge in [0.25, 0.3) is 0 Å². The first kappa shape index (κ1) is 16.5. The van der Waals surface area contributed by atoms with Gasteiger partial charge in [0.2, 0.25) is 0 Å². The second kappa shape index (κ2) is 6.92. The maximum Gasteiger partial charge on any atom is 0.343 e. The van der Waals surface area contributed by atoms with Gasteiger partial charge in [-0.25, -0.2) is 9.18 Å². The van der Waals surface area contributed by atoms with Gasteiger partial charge in [0, 0.05) is 17.3 Å². The lowest BCUT2D eigenvalue weighted by Crippen LogP contribution is -2.12. The molecule has 0 aromatic heterocycles. The van der Waals surface area contributed by atoms with Crippen molar-refractivity contribution < 1.29 is 19.0 Å². The summed E-state index contributed by atoms with van der Waals surface area (Å²) in [5.41, 5.74) is 0.292. The van der Waals surface area contributed by atoms with E-state index in [1.54, 1.807) is 6.92 Å². The SMILES string of the molecule is CCOC(=O)/C(C=NC1CC1)=C(\O)c1ccc(F)c(C)c1Cl. The van der Waals surface area contributed by atoms with E-state index < -0.39 is 11.8 Å². The van der Waals surface area contributed by atoms with Crippen LogP contribution in [0.1, 0.15) is 30.9 Å². The third-order valence-electron chi connectivity index (χ3n) is 3.29. The van der Waals surface area contributed by atoms with Crippen LogP contribution in [-0.4, -0.2) is 29.9 Å². The van der Waals surface area contributed by atoms with Crippen molar-refractivity contribution in [3.8, 4) is 0 Å². The zero-order valence-corrected chi connectivity index (χ0v) is 13.2. The second-order valence-corrected chi connectivity index (χ2v) is 5.40. The predicted octanol–water partition coefficient (Wildman–Crippen LogP) is 3.85. The van der Waals surface area contributed by atoms with Crippen LogP contribution in [-0.2, 0) is 9.53 Å². The fourth-order valence-electron chi connectivity index (χ4n) is 1.81. The Hall–Kier alpha value is -1.88. The summed E-state index contributed by atoms with van der Waals surface area (Å²) in [7, 11) is 0. The molecule has 0 saturated heterocycles. The number of rotatable bonds is 5. The number of halogens is 2. The van der Waals surface area contributed by atoms with Crippen LogP contribution < -0.4 is 0 Å². The number of hydrogen-bond acceptors (Lipinski definition) is 4. The van der Waals surface area contributed by atoms with Crippen molar-refractivity contribution >= 4 is 29.5 Å². The second-order valence-electron chi connectivity index (χ2n) is 5.03. The fourth-order valence-corrected chi connectivity index (χ4v) is 2.06. The van der Waals surface area contributed by atoms with Gasteiger partial charge in [-0.15, -0.1) is 0 Å². The average molecular weight is 326 g/mol. The third-order valence-corrected chi connectivity index (χ3v) is 3.77. The minimum atomic E-state index is -0.692. The number of carbonyl (C=O) groups excluding carboxylic acids is 1. The number of hydrogen-bond donors (Lipinski definition) is 1. The molecule has 1 saturated carbocycles. The van der Waals surface area contributed by atoms with Gasteiger partial charge in [0.15, 0.2) is 0 Å². The maximum absolute atomic E-state index is 13.5. The predicted molar refractivity (Wildman–Crippen MR) is 83.8 cm³/mol. The number of carbonyl (C=O) groups is 1. The van der Waals surface area contributed by atoms with Crippen LogP contribution in [0.2, 0.25) is 5.02 Å². The summed E-state index contributed by atoms with van der Waals surface area (Å²) in [6, 6.07) is 2.69. The lowest BCUT2D eigenvalue weighted by Gasteiger charge is -2.10. The van der Waals surface area contributed by atoms with E-state index in [-0.39, 0.29) is 40.1 Å². The van der Waals surface area contributed by atoms with Crippen molar-refractivity contribution in [2.45, 2.75) is 32.7 Å². The average Bonchev–Trinajstić information content (AvgIpc) is 3.29. The van der Waals surface area contributed by atoms with E-state index in [0.29, 0.717) is 0 Å². The lowest BCUT2D eigenvalue weighted by atomic mass is 10.1. The molecule has 4 nitrogen and oxygen atoms in total. The Bertz CT molecular complexity index is 651. The summed E-state index contributed by atoms with van der Waals surface area (Å²) in [5.74, 6) is -1.54. The van der Waals surface area contributed by atoms with Crippen LogP contribution in [0.15, 0.2) is 22.7 Å². The summed E-state index contributed by atoms with van der Waals surface area (Å²) < 4.78 is 18.4. The fraction of sp³-hybridized carbons (Fsp3) is 0.375. The number of nitrogens with zero attached hydrogens (tertiary/aromatic N) is 1. The van der Waals surface area contributed by atoms with Crippen LogP contribution in [0.25, 0.3) is 5.76 Å². The highest BCUT2D eigenvalue weighted by molar-refractivity contribution is 6.33. The first-order valence-corrected chi connectivity index (χ1v) is 7.42. The minimum Gasteiger partial charge on any atom is -0.506 e. The normalized spacial score (nSPS) is 15.8. The molecule has 0 radical (unpaired) electrons. The van der Waals surface area contributed by atoms with Gasteiger partial charge in [-0.05, 0) is 38.8 Å². The molecule has 0 heterocycles. The van der Waals surface area contributed by atoms with E-state index in [2.05, 4.69) is 4.99 Å². The number of aliphatic imine (C=N–C) groups is 1.